The maximum Gasteiger partial charge on any atom is 0.263 e. The van der Waals surface area contributed by atoms with Gasteiger partial charge < -0.3 is 14.5 Å². The molecule has 0 aliphatic carbocycles. The summed E-state index contributed by atoms with van der Waals surface area (Å²) in [5.74, 6) is -0.566. The zero-order chi connectivity index (χ0) is 20.8. The molecule has 2 aromatic rings. The van der Waals surface area contributed by atoms with Crippen LogP contribution in [-0.4, -0.2) is 53.9 Å². The SMILES string of the molecule is CC(Oc1ccc(C#N)cc1)C(=O)N1CCCN(C(=O)c2ccccc2F)CC1. The van der Waals surface area contributed by atoms with Gasteiger partial charge in [-0.05, 0) is 49.7 Å². The molecule has 7 heteroatoms. The molecule has 1 aliphatic rings. The third-order valence-corrected chi connectivity index (χ3v) is 4.84. The summed E-state index contributed by atoms with van der Waals surface area (Å²) in [6, 6.07) is 14.5. The molecule has 0 spiro atoms. The van der Waals surface area contributed by atoms with Gasteiger partial charge in [0.2, 0.25) is 0 Å². The number of nitriles is 1. The van der Waals surface area contributed by atoms with E-state index in [0.29, 0.717) is 43.9 Å². The molecule has 0 bridgehead atoms. The molecule has 29 heavy (non-hydrogen) atoms. The van der Waals surface area contributed by atoms with Gasteiger partial charge in [0.05, 0.1) is 17.2 Å². The molecule has 1 atom stereocenters. The van der Waals surface area contributed by atoms with Gasteiger partial charge in [0.1, 0.15) is 11.6 Å². The first-order valence-electron chi connectivity index (χ1n) is 9.49. The summed E-state index contributed by atoms with van der Waals surface area (Å²) < 4.78 is 19.6. The zero-order valence-corrected chi connectivity index (χ0v) is 16.2. The fraction of sp³-hybridized carbons (Fsp3) is 0.318. The molecule has 1 saturated heterocycles. The lowest BCUT2D eigenvalue weighted by molar-refractivity contribution is -0.137. The van der Waals surface area contributed by atoms with Gasteiger partial charge in [-0.2, -0.15) is 5.26 Å². The highest BCUT2D eigenvalue weighted by molar-refractivity contribution is 5.94. The van der Waals surface area contributed by atoms with Crippen molar-refractivity contribution in [3.8, 4) is 11.8 Å². The van der Waals surface area contributed by atoms with Gasteiger partial charge in [-0.15, -0.1) is 0 Å². The highest BCUT2D eigenvalue weighted by Crippen LogP contribution is 2.16. The monoisotopic (exact) mass is 395 g/mol. The average Bonchev–Trinajstić information content (AvgIpc) is 3.00. The van der Waals surface area contributed by atoms with E-state index in [4.69, 9.17) is 10.00 Å². The van der Waals surface area contributed by atoms with Gasteiger partial charge in [0.25, 0.3) is 11.8 Å². The van der Waals surface area contributed by atoms with E-state index in [-0.39, 0.29) is 17.4 Å². The number of hydrogen-bond acceptors (Lipinski definition) is 4. The van der Waals surface area contributed by atoms with E-state index in [0.717, 1.165) is 0 Å². The Bertz CT molecular complexity index is 924. The molecule has 1 heterocycles. The van der Waals surface area contributed by atoms with Crippen molar-refractivity contribution in [1.82, 2.24) is 9.80 Å². The van der Waals surface area contributed by atoms with Crippen molar-refractivity contribution in [1.29, 1.82) is 5.26 Å². The second-order valence-electron chi connectivity index (χ2n) is 6.85. The number of benzene rings is 2. The van der Waals surface area contributed by atoms with Crippen LogP contribution in [0.15, 0.2) is 48.5 Å². The largest absolute Gasteiger partial charge is 0.481 e. The van der Waals surface area contributed by atoms with Crippen molar-refractivity contribution in [3.05, 3.63) is 65.5 Å². The van der Waals surface area contributed by atoms with Crippen LogP contribution in [0.1, 0.15) is 29.3 Å². The van der Waals surface area contributed by atoms with Crippen LogP contribution in [0.4, 0.5) is 4.39 Å². The molecule has 6 nitrogen and oxygen atoms in total. The second kappa shape index (κ2) is 9.20. The summed E-state index contributed by atoms with van der Waals surface area (Å²) in [6.07, 6.45) is -0.0908. The van der Waals surface area contributed by atoms with Crippen molar-refractivity contribution >= 4 is 11.8 Å². The van der Waals surface area contributed by atoms with E-state index in [1.807, 2.05) is 6.07 Å². The van der Waals surface area contributed by atoms with Gasteiger partial charge in [-0.25, -0.2) is 4.39 Å². The molecular formula is C22H22FN3O3. The molecule has 2 aromatic carbocycles. The molecule has 0 radical (unpaired) electrons. The number of carbonyl (C=O) groups is 2. The maximum atomic E-state index is 13.9. The molecule has 1 aliphatic heterocycles. The van der Waals surface area contributed by atoms with Crippen molar-refractivity contribution in [2.45, 2.75) is 19.4 Å². The van der Waals surface area contributed by atoms with E-state index >= 15 is 0 Å². The fourth-order valence-corrected chi connectivity index (χ4v) is 3.27. The van der Waals surface area contributed by atoms with Crippen LogP contribution in [0.5, 0.6) is 5.75 Å². The maximum absolute atomic E-state index is 13.9. The van der Waals surface area contributed by atoms with Crippen LogP contribution >= 0.6 is 0 Å². The van der Waals surface area contributed by atoms with Crippen molar-refractivity contribution < 1.29 is 18.7 Å². The van der Waals surface area contributed by atoms with Gasteiger partial charge in [-0.3, -0.25) is 9.59 Å². The van der Waals surface area contributed by atoms with E-state index < -0.39 is 11.9 Å². The van der Waals surface area contributed by atoms with Crippen LogP contribution in [0.3, 0.4) is 0 Å². The van der Waals surface area contributed by atoms with Crippen LogP contribution in [0.25, 0.3) is 0 Å². The summed E-state index contributed by atoms with van der Waals surface area (Å²) in [5.41, 5.74) is 0.563. The molecule has 2 amide bonds. The summed E-state index contributed by atoms with van der Waals surface area (Å²) in [4.78, 5) is 28.6. The zero-order valence-electron chi connectivity index (χ0n) is 16.2. The van der Waals surface area contributed by atoms with Gasteiger partial charge in [0.15, 0.2) is 6.10 Å². The van der Waals surface area contributed by atoms with E-state index in [1.165, 1.54) is 12.1 Å². The van der Waals surface area contributed by atoms with Gasteiger partial charge in [-0.1, -0.05) is 12.1 Å². The van der Waals surface area contributed by atoms with Gasteiger partial charge in [0, 0.05) is 26.2 Å². The molecule has 1 fully saturated rings. The lowest BCUT2D eigenvalue weighted by Crippen LogP contribution is -2.43. The molecule has 0 aromatic heterocycles. The van der Waals surface area contributed by atoms with Crippen LogP contribution in [0, 0.1) is 17.1 Å². The Kier molecular flexibility index (Phi) is 6.45. The molecule has 0 saturated carbocycles. The Hall–Kier alpha value is -3.40. The lowest BCUT2D eigenvalue weighted by atomic mass is 10.2. The standard InChI is InChI=1S/C22H22FN3O3/c1-16(29-18-9-7-17(15-24)8-10-18)21(27)25-11-4-12-26(14-13-25)22(28)19-5-2-3-6-20(19)23/h2-3,5-10,16H,4,11-14H2,1H3. The van der Waals surface area contributed by atoms with E-state index in [1.54, 1.807) is 53.1 Å². The normalized spacial score (nSPS) is 15.2. The topological polar surface area (TPSA) is 73.6 Å². The first-order chi connectivity index (χ1) is 14.0. The summed E-state index contributed by atoms with van der Waals surface area (Å²) in [6.45, 7) is 3.33. The molecule has 3 rings (SSSR count). The predicted octanol–water partition coefficient (Wildman–Crippen LogP) is 2.84. The first-order valence-corrected chi connectivity index (χ1v) is 9.49. The quantitative estimate of drug-likeness (QED) is 0.798. The Labute approximate surface area is 169 Å². The van der Waals surface area contributed by atoms with E-state index in [2.05, 4.69) is 0 Å². The Morgan fingerprint density at radius 2 is 1.69 bits per heavy atom. The first kappa shape index (κ1) is 20.3. The van der Waals surface area contributed by atoms with Crippen LogP contribution in [-0.2, 0) is 4.79 Å². The predicted molar refractivity (Wildman–Crippen MR) is 105 cm³/mol. The minimum atomic E-state index is -0.697. The number of halogens is 1. The lowest BCUT2D eigenvalue weighted by Gasteiger charge is -2.25. The minimum Gasteiger partial charge on any atom is -0.481 e. The number of carbonyl (C=O) groups excluding carboxylic acids is 2. The summed E-state index contributed by atoms with van der Waals surface area (Å²) in [5, 5.41) is 8.84. The van der Waals surface area contributed by atoms with E-state index in [9.17, 15) is 14.0 Å². The van der Waals surface area contributed by atoms with Crippen LogP contribution in [0.2, 0.25) is 0 Å². The van der Waals surface area contributed by atoms with Gasteiger partial charge >= 0.3 is 0 Å². The number of ether oxygens (including phenoxy) is 1. The Morgan fingerprint density at radius 3 is 2.38 bits per heavy atom. The highest BCUT2D eigenvalue weighted by Gasteiger charge is 2.27. The Morgan fingerprint density at radius 1 is 1.03 bits per heavy atom. The highest BCUT2D eigenvalue weighted by atomic mass is 19.1. The number of hydrogen-bond donors (Lipinski definition) is 0. The smallest absolute Gasteiger partial charge is 0.263 e. The number of rotatable bonds is 4. The average molecular weight is 395 g/mol. The summed E-state index contributed by atoms with van der Waals surface area (Å²) in [7, 11) is 0. The second-order valence-corrected chi connectivity index (χ2v) is 6.85. The molecular weight excluding hydrogens is 373 g/mol. The molecule has 1 unspecified atom stereocenters. The van der Waals surface area contributed by atoms with Crippen molar-refractivity contribution in [3.63, 3.8) is 0 Å². The Balaban J connectivity index is 1.59. The third kappa shape index (κ3) is 4.91. The molecule has 0 N–H and O–H groups in total. The van der Waals surface area contributed by atoms with Crippen LogP contribution < -0.4 is 4.74 Å². The number of nitrogens with zero attached hydrogens (tertiary/aromatic N) is 3. The van der Waals surface area contributed by atoms with Crippen molar-refractivity contribution in [2.24, 2.45) is 0 Å². The minimum absolute atomic E-state index is 0.0461. The third-order valence-electron chi connectivity index (χ3n) is 4.84. The summed E-state index contributed by atoms with van der Waals surface area (Å²) >= 11 is 0. The molecule has 150 valence electrons. The fourth-order valence-electron chi connectivity index (χ4n) is 3.27. The number of amides is 2. The van der Waals surface area contributed by atoms with Crippen molar-refractivity contribution in [2.75, 3.05) is 26.2 Å².